The van der Waals surface area contributed by atoms with E-state index in [9.17, 15) is 13.2 Å². The zero-order chi connectivity index (χ0) is 21.5. The van der Waals surface area contributed by atoms with E-state index in [0.717, 1.165) is 38.3 Å². The van der Waals surface area contributed by atoms with E-state index in [-0.39, 0.29) is 41.4 Å². The molecule has 30 heavy (non-hydrogen) atoms. The third-order valence-corrected chi connectivity index (χ3v) is 4.70. The molecule has 1 aromatic rings. The van der Waals surface area contributed by atoms with Crippen molar-refractivity contribution in [3.05, 3.63) is 18.0 Å². The topological polar surface area (TPSA) is 83.5 Å². The second kappa shape index (κ2) is 11.9. The monoisotopic (exact) mass is 544 g/mol. The van der Waals surface area contributed by atoms with Gasteiger partial charge in [0.1, 0.15) is 5.69 Å². The summed E-state index contributed by atoms with van der Waals surface area (Å²) in [6.45, 7) is 8.89. The predicted molar refractivity (Wildman–Crippen MR) is 122 cm³/mol. The van der Waals surface area contributed by atoms with Gasteiger partial charge in [-0.25, -0.2) is 9.97 Å². The number of hydrogen-bond donors (Lipinski definition) is 3. The Bertz CT molecular complexity index is 681. The number of alkyl halides is 3. The van der Waals surface area contributed by atoms with Crippen LogP contribution < -0.4 is 16.0 Å². The molecule has 0 bridgehead atoms. The average molecular weight is 544 g/mol. The molecule has 1 aromatic heterocycles. The first-order valence-electron chi connectivity index (χ1n) is 9.81. The van der Waals surface area contributed by atoms with Gasteiger partial charge in [-0.15, -0.1) is 24.0 Å². The highest BCUT2D eigenvalue weighted by molar-refractivity contribution is 14.0. The maximum absolute atomic E-state index is 12.7. The lowest BCUT2D eigenvalue weighted by Crippen LogP contribution is -2.48. The Morgan fingerprint density at radius 2 is 1.97 bits per heavy atom. The SMILES string of the molecule is CN=C(NCCNc1nccc(C(F)(F)F)n1)NCC1CCCOC1C(C)(C)C.I. The van der Waals surface area contributed by atoms with Crippen LogP contribution in [-0.4, -0.2) is 55.3 Å². The molecule has 0 radical (unpaired) electrons. The Labute approximate surface area is 193 Å². The quantitative estimate of drug-likeness (QED) is 0.220. The summed E-state index contributed by atoms with van der Waals surface area (Å²) in [6.07, 6.45) is -1.07. The first kappa shape index (κ1) is 26.7. The van der Waals surface area contributed by atoms with E-state index < -0.39 is 11.9 Å². The third kappa shape index (κ3) is 8.40. The largest absolute Gasteiger partial charge is 0.433 e. The molecule has 0 saturated carbocycles. The smallest absolute Gasteiger partial charge is 0.377 e. The van der Waals surface area contributed by atoms with E-state index in [1.807, 2.05) is 0 Å². The maximum Gasteiger partial charge on any atom is 0.433 e. The van der Waals surface area contributed by atoms with Crippen molar-refractivity contribution in [2.24, 2.45) is 16.3 Å². The summed E-state index contributed by atoms with van der Waals surface area (Å²) >= 11 is 0. The van der Waals surface area contributed by atoms with E-state index in [1.165, 1.54) is 0 Å². The van der Waals surface area contributed by atoms with Crippen molar-refractivity contribution >= 4 is 35.9 Å². The molecule has 7 nitrogen and oxygen atoms in total. The first-order chi connectivity index (χ1) is 13.6. The van der Waals surface area contributed by atoms with Gasteiger partial charge in [-0.05, 0) is 24.3 Å². The molecule has 11 heteroatoms. The number of ether oxygens (including phenoxy) is 1. The Morgan fingerprint density at radius 3 is 2.60 bits per heavy atom. The van der Waals surface area contributed by atoms with E-state index in [2.05, 4.69) is 51.7 Å². The van der Waals surface area contributed by atoms with Crippen LogP contribution in [0.15, 0.2) is 17.3 Å². The minimum atomic E-state index is -4.49. The van der Waals surface area contributed by atoms with E-state index in [4.69, 9.17) is 4.74 Å². The fourth-order valence-electron chi connectivity index (χ4n) is 3.41. The van der Waals surface area contributed by atoms with Gasteiger partial charge < -0.3 is 20.7 Å². The maximum atomic E-state index is 12.7. The van der Waals surface area contributed by atoms with E-state index in [1.54, 1.807) is 7.05 Å². The lowest BCUT2D eigenvalue weighted by Gasteiger charge is -2.40. The first-order valence-corrected chi connectivity index (χ1v) is 9.81. The number of aliphatic imine (C=N–C) groups is 1. The Kier molecular flexibility index (Phi) is 10.5. The van der Waals surface area contributed by atoms with Crippen LogP contribution >= 0.6 is 24.0 Å². The molecule has 1 fully saturated rings. The van der Waals surface area contributed by atoms with Crippen LogP contribution in [0.1, 0.15) is 39.3 Å². The summed E-state index contributed by atoms with van der Waals surface area (Å²) in [4.78, 5) is 11.5. The zero-order valence-corrected chi connectivity index (χ0v) is 20.2. The number of anilines is 1. The molecule has 0 aromatic carbocycles. The third-order valence-electron chi connectivity index (χ3n) is 4.70. The second-order valence-electron chi connectivity index (χ2n) is 8.13. The highest BCUT2D eigenvalue weighted by Gasteiger charge is 2.35. The normalized spacial score (nSPS) is 20.3. The Morgan fingerprint density at radius 1 is 1.23 bits per heavy atom. The molecule has 0 spiro atoms. The number of aromatic nitrogens is 2. The van der Waals surface area contributed by atoms with Gasteiger partial charge in [-0.3, -0.25) is 4.99 Å². The van der Waals surface area contributed by atoms with Crippen LogP contribution in [0.4, 0.5) is 19.1 Å². The molecule has 1 saturated heterocycles. The van der Waals surface area contributed by atoms with Crippen molar-refractivity contribution in [3.8, 4) is 0 Å². The molecule has 172 valence electrons. The van der Waals surface area contributed by atoms with Gasteiger partial charge in [-0.2, -0.15) is 13.2 Å². The molecule has 0 amide bonds. The molecular formula is C19H32F3IN6O. The van der Waals surface area contributed by atoms with Crippen LogP contribution in [0.5, 0.6) is 0 Å². The lowest BCUT2D eigenvalue weighted by molar-refractivity contribution is -0.141. The van der Waals surface area contributed by atoms with Gasteiger partial charge in [0, 0.05) is 45.4 Å². The van der Waals surface area contributed by atoms with Crippen molar-refractivity contribution in [3.63, 3.8) is 0 Å². The number of halogens is 4. The summed E-state index contributed by atoms with van der Waals surface area (Å²) < 4.78 is 44.0. The van der Waals surface area contributed by atoms with Crippen LogP contribution in [0.2, 0.25) is 0 Å². The summed E-state index contributed by atoms with van der Waals surface area (Å²) in [7, 11) is 1.68. The van der Waals surface area contributed by atoms with Crippen molar-refractivity contribution in [2.45, 2.75) is 45.9 Å². The van der Waals surface area contributed by atoms with Crippen molar-refractivity contribution < 1.29 is 17.9 Å². The van der Waals surface area contributed by atoms with Crippen LogP contribution in [0, 0.1) is 11.3 Å². The van der Waals surface area contributed by atoms with Crippen LogP contribution in [0.25, 0.3) is 0 Å². The molecular weight excluding hydrogens is 512 g/mol. The molecule has 2 rings (SSSR count). The standard InChI is InChI=1S/C19H31F3N6O.HI/c1-18(2,3)15-13(6-5-11-29-15)12-27-16(23-4)25-9-10-26-17-24-8-7-14(28-17)19(20,21)22;/h7-8,13,15H,5-6,9-12H2,1-4H3,(H2,23,25,27)(H,24,26,28);1H. The summed E-state index contributed by atoms with van der Waals surface area (Å²) in [5.41, 5.74) is -0.901. The number of rotatable bonds is 6. The summed E-state index contributed by atoms with van der Waals surface area (Å²) in [5, 5.41) is 9.24. The number of nitrogens with zero attached hydrogens (tertiary/aromatic N) is 3. The average Bonchev–Trinajstić information content (AvgIpc) is 2.66. The highest BCUT2D eigenvalue weighted by Crippen LogP contribution is 2.33. The molecule has 2 heterocycles. The molecule has 2 unspecified atom stereocenters. The van der Waals surface area contributed by atoms with Gasteiger partial charge in [0.2, 0.25) is 5.95 Å². The number of hydrogen-bond acceptors (Lipinski definition) is 5. The molecule has 1 aliphatic rings. The van der Waals surface area contributed by atoms with Crippen molar-refractivity contribution in [1.29, 1.82) is 0 Å². The molecule has 3 N–H and O–H groups in total. The second-order valence-corrected chi connectivity index (χ2v) is 8.13. The number of guanidine groups is 1. The van der Waals surface area contributed by atoms with E-state index >= 15 is 0 Å². The summed E-state index contributed by atoms with van der Waals surface area (Å²) in [5.74, 6) is 0.964. The van der Waals surface area contributed by atoms with Gasteiger partial charge in [0.05, 0.1) is 6.10 Å². The van der Waals surface area contributed by atoms with Gasteiger partial charge in [0.15, 0.2) is 5.96 Å². The van der Waals surface area contributed by atoms with Gasteiger partial charge in [0.25, 0.3) is 0 Å². The Hall–Kier alpha value is -1.37. The fraction of sp³-hybridized carbons (Fsp3) is 0.737. The Balaban J connectivity index is 0.00000450. The van der Waals surface area contributed by atoms with Crippen molar-refractivity contribution in [2.75, 3.05) is 38.6 Å². The van der Waals surface area contributed by atoms with Crippen molar-refractivity contribution in [1.82, 2.24) is 20.6 Å². The number of nitrogens with one attached hydrogen (secondary N) is 3. The predicted octanol–water partition coefficient (Wildman–Crippen LogP) is 3.53. The zero-order valence-electron chi connectivity index (χ0n) is 17.8. The minimum absolute atomic E-state index is 0. The molecule has 1 aliphatic heterocycles. The molecule has 0 aliphatic carbocycles. The minimum Gasteiger partial charge on any atom is -0.377 e. The van der Waals surface area contributed by atoms with Gasteiger partial charge in [-0.1, -0.05) is 20.8 Å². The highest BCUT2D eigenvalue weighted by atomic mass is 127. The van der Waals surface area contributed by atoms with Gasteiger partial charge >= 0.3 is 6.18 Å². The summed E-state index contributed by atoms with van der Waals surface area (Å²) in [6, 6.07) is 0.842. The fourth-order valence-corrected chi connectivity index (χ4v) is 3.41. The van der Waals surface area contributed by atoms with E-state index in [0.29, 0.717) is 25.0 Å². The lowest BCUT2D eigenvalue weighted by atomic mass is 9.78. The van der Waals surface area contributed by atoms with Crippen LogP contribution in [0.3, 0.4) is 0 Å². The molecule has 2 atom stereocenters. The van der Waals surface area contributed by atoms with Crippen LogP contribution in [-0.2, 0) is 10.9 Å².